The van der Waals surface area contributed by atoms with E-state index >= 15 is 0 Å². The van der Waals surface area contributed by atoms with Crippen molar-refractivity contribution in [1.29, 1.82) is 0 Å². The van der Waals surface area contributed by atoms with Gasteiger partial charge in [-0.05, 0) is 0 Å². The van der Waals surface area contributed by atoms with Crippen molar-refractivity contribution in [2.45, 2.75) is 0 Å². The summed E-state index contributed by atoms with van der Waals surface area (Å²) >= 11 is 11.2. The van der Waals surface area contributed by atoms with Gasteiger partial charge in [0, 0.05) is 0 Å². The quantitative estimate of drug-likeness (QED) is 0.626. The van der Waals surface area contributed by atoms with Crippen LogP contribution in [-0.4, -0.2) is 23.2 Å². The van der Waals surface area contributed by atoms with Crippen molar-refractivity contribution in [2.75, 3.05) is 12.4 Å². The predicted octanol–water partition coefficient (Wildman–Crippen LogP) is 3.33. The minimum absolute atomic E-state index is 0.0213. The average Bonchev–Trinajstić information content (AvgIpc) is 2.77. The molecule has 2 N–H and O–H groups in total. The fourth-order valence-corrected chi connectivity index (χ4v) is 1.70. The highest BCUT2D eigenvalue weighted by Crippen LogP contribution is 2.35. The highest BCUT2D eigenvalue weighted by atomic mass is 35.5. The molecule has 2 aromatic rings. The third-order valence-corrected chi connectivity index (χ3v) is 2.94. The van der Waals surface area contributed by atoms with Crippen LogP contribution in [0.5, 0.6) is 0 Å². The largest absolute Gasteiger partial charge is 0.453 e. The standard InChI is InChI=1S/C9H5Cl2F2N3O2/c1-18-9(17)16-8-14-6-3(11)2(10)4(12)5(13)7(6)15-8/h1H3,(H2,14,15,16,17). The van der Waals surface area contributed by atoms with Crippen molar-refractivity contribution >= 4 is 46.3 Å². The summed E-state index contributed by atoms with van der Waals surface area (Å²) in [5, 5.41) is 1.37. The summed E-state index contributed by atoms with van der Waals surface area (Å²) in [5.41, 5.74) is -0.389. The molecule has 0 saturated heterocycles. The molecule has 18 heavy (non-hydrogen) atoms. The predicted molar refractivity (Wildman–Crippen MR) is 62.1 cm³/mol. The first-order valence-electron chi connectivity index (χ1n) is 4.52. The SMILES string of the molecule is COC(=O)Nc1nc2c(F)c(F)c(Cl)c(Cl)c2[nH]1. The molecule has 0 atom stereocenters. The van der Waals surface area contributed by atoms with Gasteiger partial charge >= 0.3 is 6.09 Å². The molecule has 9 heteroatoms. The second kappa shape index (κ2) is 4.58. The first-order chi connectivity index (χ1) is 8.45. The Hall–Kier alpha value is -1.60. The van der Waals surface area contributed by atoms with E-state index in [1.165, 1.54) is 0 Å². The fourth-order valence-electron chi connectivity index (χ4n) is 1.30. The maximum absolute atomic E-state index is 13.5. The molecule has 0 saturated carbocycles. The number of methoxy groups -OCH3 is 1. The van der Waals surface area contributed by atoms with Gasteiger partial charge in [-0.2, -0.15) is 0 Å². The lowest BCUT2D eigenvalue weighted by molar-refractivity contribution is 0.186. The highest BCUT2D eigenvalue weighted by molar-refractivity contribution is 6.45. The van der Waals surface area contributed by atoms with Crippen molar-refractivity contribution in [2.24, 2.45) is 0 Å². The van der Waals surface area contributed by atoms with Crippen molar-refractivity contribution in [1.82, 2.24) is 9.97 Å². The number of amides is 1. The maximum atomic E-state index is 13.5. The fraction of sp³-hybridized carbons (Fsp3) is 0.111. The zero-order valence-electron chi connectivity index (χ0n) is 8.78. The van der Waals surface area contributed by atoms with Crippen molar-refractivity contribution in [3.05, 3.63) is 21.7 Å². The zero-order chi connectivity index (χ0) is 13.4. The van der Waals surface area contributed by atoms with Crippen LogP contribution in [0.25, 0.3) is 11.0 Å². The second-order valence-electron chi connectivity index (χ2n) is 3.18. The molecule has 1 aromatic heterocycles. The van der Waals surface area contributed by atoms with Gasteiger partial charge in [0.1, 0.15) is 10.5 Å². The number of carbonyl (C=O) groups excluding carboxylic acids is 1. The number of H-pyrrole nitrogens is 1. The Morgan fingerprint density at radius 1 is 1.33 bits per heavy atom. The summed E-state index contributed by atoms with van der Waals surface area (Å²) in [5.74, 6) is -2.70. The highest BCUT2D eigenvalue weighted by Gasteiger charge is 2.21. The van der Waals surface area contributed by atoms with E-state index in [0.717, 1.165) is 7.11 Å². The first kappa shape index (κ1) is 12.8. The lowest BCUT2D eigenvalue weighted by Crippen LogP contribution is -2.11. The van der Waals surface area contributed by atoms with Gasteiger partial charge in [0.2, 0.25) is 5.95 Å². The Morgan fingerprint density at radius 3 is 2.61 bits per heavy atom. The van der Waals surface area contributed by atoms with Gasteiger partial charge in [-0.25, -0.2) is 18.6 Å². The molecule has 0 spiro atoms. The number of carbonyl (C=O) groups is 1. The molecule has 0 bridgehead atoms. The van der Waals surface area contributed by atoms with E-state index in [1.54, 1.807) is 0 Å². The lowest BCUT2D eigenvalue weighted by Gasteiger charge is -2.00. The normalized spacial score (nSPS) is 10.7. The molecule has 2 rings (SSSR count). The Labute approximate surface area is 109 Å². The molecule has 1 heterocycles. The Balaban J connectivity index is 2.61. The van der Waals surface area contributed by atoms with Crippen molar-refractivity contribution < 1.29 is 18.3 Å². The van der Waals surface area contributed by atoms with E-state index in [9.17, 15) is 13.6 Å². The summed E-state index contributed by atoms with van der Waals surface area (Å²) < 4.78 is 31.2. The van der Waals surface area contributed by atoms with E-state index in [2.05, 4.69) is 20.0 Å². The van der Waals surface area contributed by atoms with Crippen molar-refractivity contribution in [3.63, 3.8) is 0 Å². The molecule has 0 aliphatic carbocycles. The topological polar surface area (TPSA) is 67.0 Å². The summed E-state index contributed by atoms with van der Waals surface area (Å²) in [6.45, 7) is 0. The van der Waals surface area contributed by atoms with Crippen LogP contribution in [0.1, 0.15) is 0 Å². The number of anilines is 1. The van der Waals surface area contributed by atoms with E-state index < -0.39 is 22.8 Å². The number of ether oxygens (including phenoxy) is 1. The van der Waals surface area contributed by atoms with Crippen LogP contribution in [-0.2, 0) is 4.74 Å². The first-order valence-corrected chi connectivity index (χ1v) is 5.28. The summed E-state index contributed by atoms with van der Waals surface area (Å²) in [6.07, 6.45) is -0.822. The van der Waals surface area contributed by atoms with Crippen molar-refractivity contribution in [3.8, 4) is 0 Å². The number of aromatic nitrogens is 2. The number of aromatic amines is 1. The van der Waals surface area contributed by atoms with Crippen LogP contribution < -0.4 is 5.32 Å². The van der Waals surface area contributed by atoms with Gasteiger partial charge < -0.3 is 9.72 Å². The van der Waals surface area contributed by atoms with Gasteiger partial charge in [-0.1, -0.05) is 23.2 Å². The number of nitrogens with zero attached hydrogens (tertiary/aromatic N) is 1. The molecule has 5 nitrogen and oxygen atoms in total. The number of hydrogen-bond acceptors (Lipinski definition) is 3. The smallest absolute Gasteiger partial charge is 0.413 e. The molecule has 0 unspecified atom stereocenters. The van der Waals surface area contributed by atoms with Crippen LogP contribution in [0.4, 0.5) is 19.5 Å². The molecule has 96 valence electrons. The number of benzene rings is 1. The molecule has 0 fully saturated rings. The van der Waals surface area contributed by atoms with E-state index in [4.69, 9.17) is 23.2 Å². The molecule has 1 aromatic carbocycles. The maximum Gasteiger partial charge on any atom is 0.413 e. The number of imidazole rings is 1. The van der Waals surface area contributed by atoms with Crippen LogP contribution in [0.2, 0.25) is 10.0 Å². The van der Waals surface area contributed by atoms with Gasteiger partial charge in [0.05, 0.1) is 17.6 Å². The Morgan fingerprint density at radius 2 is 2.00 bits per heavy atom. The third kappa shape index (κ3) is 1.95. The van der Waals surface area contributed by atoms with Gasteiger partial charge in [0.25, 0.3) is 0 Å². The third-order valence-electron chi connectivity index (χ3n) is 2.12. The van der Waals surface area contributed by atoms with Gasteiger partial charge in [-0.3, -0.25) is 5.32 Å². The van der Waals surface area contributed by atoms with E-state index in [-0.39, 0.29) is 22.0 Å². The van der Waals surface area contributed by atoms with Gasteiger partial charge in [-0.15, -0.1) is 0 Å². The second-order valence-corrected chi connectivity index (χ2v) is 3.94. The monoisotopic (exact) mass is 295 g/mol. The summed E-state index contributed by atoms with van der Waals surface area (Å²) in [7, 11) is 1.14. The number of hydrogen-bond donors (Lipinski definition) is 2. The Bertz CT molecular complexity index is 600. The minimum Gasteiger partial charge on any atom is -0.453 e. The number of nitrogens with one attached hydrogen (secondary N) is 2. The van der Waals surface area contributed by atoms with Gasteiger partial charge in [0.15, 0.2) is 11.6 Å². The van der Waals surface area contributed by atoms with Crippen LogP contribution in [0, 0.1) is 11.6 Å². The molecule has 0 aliphatic rings. The molecule has 0 aliphatic heterocycles. The number of rotatable bonds is 1. The average molecular weight is 296 g/mol. The minimum atomic E-state index is -1.30. The zero-order valence-corrected chi connectivity index (χ0v) is 10.3. The molecular weight excluding hydrogens is 291 g/mol. The molecular formula is C9H5Cl2F2N3O2. The number of fused-ring (bicyclic) bond motifs is 1. The van der Waals surface area contributed by atoms with E-state index in [1.807, 2.05) is 0 Å². The van der Waals surface area contributed by atoms with Crippen LogP contribution in [0.15, 0.2) is 0 Å². The number of halogens is 4. The molecule has 1 amide bonds. The van der Waals surface area contributed by atoms with Crippen LogP contribution in [0.3, 0.4) is 0 Å². The summed E-state index contributed by atoms with van der Waals surface area (Å²) in [6, 6.07) is 0. The Kier molecular flexibility index (Phi) is 3.27. The summed E-state index contributed by atoms with van der Waals surface area (Å²) in [4.78, 5) is 17.1. The lowest BCUT2D eigenvalue weighted by atomic mass is 10.3. The van der Waals surface area contributed by atoms with E-state index in [0.29, 0.717) is 0 Å². The van der Waals surface area contributed by atoms with Crippen LogP contribution >= 0.6 is 23.2 Å². The molecule has 0 radical (unpaired) electrons.